The highest BCUT2D eigenvalue weighted by atomic mass is 16.6. The van der Waals surface area contributed by atoms with Gasteiger partial charge in [-0.1, -0.05) is 0 Å². The summed E-state index contributed by atoms with van der Waals surface area (Å²) in [6.45, 7) is 1.11. The number of hydrogen-bond acceptors (Lipinski definition) is 7. The van der Waals surface area contributed by atoms with Crippen LogP contribution in [0.2, 0.25) is 0 Å². The van der Waals surface area contributed by atoms with Crippen molar-refractivity contribution >= 4 is 17.8 Å². The minimum absolute atomic E-state index is 0.00580. The van der Waals surface area contributed by atoms with Crippen LogP contribution in [0, 0.1) is 0 Å². The van der Waals surface area contributed by atoms with Crippen LogP contribution in [0.3, 0.4) is 0 Å². The summed E-state index contributed by atoms with van der Waals surface area (Å²) >= 11 is 0. The minimum Gasteiger partial charge on any atom is -0.493 e. The van der Waals surface area contributed by atoms with Crippen molar-refractivity contribution in [1.82, 2.24) is 10.2 Å². The number of carbonyl (C=O) groups excluding carboxylic acids is 3. The molecule has 0 radical (unpaired) electrons. The Morgan fingerprint density at radius 1 is 1.24 bits per heavy atom. The van der Waals surface area contributed by atoms with E-state index in [1.54, 1.807) is 12.1 Å². The highest BCUT2D eigenvalue weighted by Crippen LogP contribution is 2.45. The maximum absolute atomic E-state index is 12.8. The van der Waals surface area contributed by atoms with Gasteiger partial charge in [0.2, 0.25) is 18.0 Å². The molecular formula is C20H24N2O7. The van der Waals surface area contributed by atoms with Gasteiger partial charge in [0, 0.05) is 25.1 Å². The molecule has 0 saturated carbocycles. The molecule has 1 aromatic carbocycles. The number of fused-ring (bicyclic) bond motifs is 1. The Bertz CT molecular complexity index is 834. The first kappa shape index (κ1) is 19.5. The molecule has 0 aromatic heterocycles. The van der Waals surface area contributed by atoms with Crippen molar-refractivity contribution < 1.29 is 33.3 Å². The fraction of sp³-hybridized carbons (Fsp3) is 0.550. The Balaban J connectivity index is 1.58. The molecule has 29 heavy (non-hydrogen) atoms. The number of nitrogens with zero attached hydrogens (tertiary/aromatic N) is 1. The quantitative estimate of drug-likeness (QED) is 0.710. The van der Waals surface area contributed by atoms with Gasteiger partial charge in [0.15, 0.2) is 11.5 Å². The number of nitrogens with one attached hydrogen (secondary N) is 1. The van der Waals surface area contributed by atoms with E-state index in [0.29, 0.717) is 30.9 Å². The largest absolute Gasteiger partial charge is 0.493 e. The lowest BCUT2D eigenvalue weighted by Crippen LogP contribution is -2.47. The van der Waals surface area contributed by atoms with Gasteiger partial charge in [-0.25, -0.2) is 4.79 Å². The molecule has 0 bridgehead atoms. The molecule has 2 saturated heterocycles. The van der Waals surface area contributed by atoms with Crippen molar-refractivity contribution in [3.05, 3.63) is 23.3 Å². The van der Waals surface area contributed by atoms with E-state index in [9.17, 15) is 14.4 Å². The Kier molecular flexibility index (Phi) is 5.31. The molecule has 9 heteroatoms. The van der Waals surface area contributed by atoms with Crippen LogP contribution in [0.25, 0.3) is 0 Å². The van der Waals surface area contributed by atoms with Gasteiger partial charge in [0.1, 0.15) is 11.6 Å². The third-order valence-electron chi connectivity index (χ3n) is 5.61. The van der Waals surface area contributed by atoms with E-state index in [1.165, 1.54) is 19.1 Å². The number of benzene rings is 1. The molecule has 0 unspecified atom stereocenters. The standard InChI is InChI=1S/C20H24N2O7/c1-26-14-7-5-12-16(17(14)27-2)20(25)29-19(12)22-13(6-8-15(22)23)18(24)21-10-11-4-3-9-28-11/h5,7,11,13,19H,3-4,6,8-10H2,1-2H3,(H,21,24)/t11-,13-,19+/m0/s1. The van der Waals surface area contributed by atoms with Gasteiger partial charge in [-0.15, -0.1) is 0 Å². The van der Waals surface area contributed by atoms with Crippen LogP contribution in [0.15, 0.2) is 12.1 Å². The summed E-state index contributed by atoms with van der Waals surface area (Å²) in [4.78, 5) is 39.3. The van der Waals surface area contributed by atoms with Gasteiger partial charge < -0.3 is 24.3 Å². The monoisotopic (exact) mass is 404 g/mol. The third-order valence-corrected chi connectivity index (χ3v) is 5.61. The normalized spacial score (nSPS) is 25.7. The molecule has 3 heterocycles. The average Bonchev–Trinajstić information content (AvgIpc) is 3.45. The van der Waals surface area contributed by atoms with E-state index >= 15 is 0 Å². The molecule has 3 atom stereocenters. The molecule has 1 aromatic rings. The van der Waals surface area contributed by atoms with Crippen LogP contribution in [0.4, 0.5) is 0 Å². The van der Waals surface area contributed by atoms with Crippen molar-refractivity contribution in [2.45, 2.75) is 44.1 Å². The summed E-state index contributed by atoms with van der Waals surface area (Å²) in [6.07, 6.45) is 1.51. The van der Waals surface area contributed by atoms with E-state index in [4.69, 9.17) is 18.9 Å². The molecule has 2 amide bonds. The van der Waals surface area contributed by atoms with E-state index in [0.717, 1.165) is 12.8 Å². The van der Waals surface area contributed by atoms with Gasteiger partial charge in [-0.3, -0.25) is 14.5 Å². The van der Waals surface area contributed by atoms with Gasteiger partial charge in [-0.2, -0.15) is 0 Å². The number of hydrogen-bond donors (Lipinski definition) is 1. The van der Waals surface area contributed by atoms with Crippen LogP contribution < -0.4 is 14.8 Å². The molecule has 1 N–H and O–H groups in total. The molecule has 9 nitrogen and oxygen atoms in total. The predicted octanol–water partition coefficient (Wildman–Crippen LogP) is 1.16. The third kappa shape index (κ3) is 3.39. The summed E-state index contributed by atoms with van der Waals surface area (Å²) < 4.78 is 21.6. The summed E-state index contributed by atoms with van der Waals surface area (Å²) in [5.74, 6) is -0.469. The zero-order chi connectivity index (χ0) is 20.5. The van der Waals surface area contributed by atoms with Gasteiger partial charge in [0.05, 0.1) is 20.3 Å². The van der Waals surface area contributed by atoms with Crippen LogP contribution in [0.5, 0.6) is 11.5 Å². The summed E-state index contributed by atoms with van der Waals surface area (Å²) in [7, 11) is 2.90. The highest BCUT2D eigenvalue weighted by Gasteiger charge is 2.47. The second-order valence-electron chi connectivity index (χ2n) is 7.26. The van der Waals surface area contributed by atoms with E-state index in [-0.39, 0.29) is 35.7 Å². The van der Waals surface area contributed by atoms with Gasteiger partial charge in [0.25, 0.3) is 0 Å². The van der Waals surface area contributed by atoms with Crippen molar-refractivity contribution in [2.24, 2.45) is 0 Å². The maximum atomic E-state index is 12.8. The number of amides is 2. The second-order valence-corrected chi connectivity index (χ2v) is 7.26. The van der Waals surface area contributed by atoms with Crippen LogP contribution in [-0.4, -0.2) is 62.2 Å². The first-order chi connectivity index (χ1) is 14.0. The van der Waals surface area contributed by atoms with Crippen LogP contribution >= 0.6 is 0 Å². The van der Waals surface area contributed by atoms with Crippen molar-refractivity contribution in [1.29, 1.82) is 0 Å². The zero-order valence-electron chi connectivity index (χ0n) is 16.4. The number of ether oxygens (including phenoxy) is 4. The average molecular weight is 404 g/mol. The predicted molar refractivity (Wildman–Crippen MR) is 99.6 cm³/mol. The van der Waals surface area contributed by atoms with Crippen LogP contribution in [0.1, 0.15) is 47.8 Å². The number of esters is 1. The smallest absolute Gasteiger partial charge is 0.344 e. The van der Waals surface area contributed by atoms with E-state index in [2.05, 4.69) is 5.32 Å². The topological polar surface area (TPSA) is 103 Å². The lowest BCUT2D eigenvalue weighted by Gasteiger charge is -2.29. The molecule has 0 spiro atoms. The molecule has 0 aliphatic carbocycles. The molecule has 3 aliphatic rings. The summed E-state index contributed by atoms with van der Waals surface area (Å²) in [5.41, 5.74) is 0.704. The Hall–Kier alpha value is -2.81. The Morgan fingerprint density at radius 3 is 2.76 bits per heavy atom. The van der Waals surface area contributed by atoms with E-state index < -0.39 is 18.2 Å². The first-order valence-electron chi connectivity index (χ1n) is 9.71. The second kappa shape index (κ2) is 7.90. The number of methoxy groups -OCH3 is 2. The van der Waals surface area contributed by atoms with Crippen LogP contribution in [-0.2, 0) is 19.1 Å². The Morgan fingerprint density at radius 2 is 2.07 bits per heavy atom. The van der Waals surface area contributed by atoms with Gasteiger partial charge in [-0.05, 0) is 31.4 Å². The molecule has 4 rings (SSSR count). The molecule has 3 aliphatic heterocycles. The maximum Gasteiger partial charge on any atom is 0.344 e. The number of rotatable bonds is 6. The Labute approximate surface area is 168 Å². The number of likely N-dealkylation sites (tertiary alicyclic amines) is 1. The lowest BCUT2D eigenvalue weighted by molar-refractivity contribution is -0.145. The fourth-order valence-electron chi connectivity index (χ4n) is 4.18. The zero-order valence-corrected chi connectivity index (χ0v) is 16.4. The van der Waals surface area contributed by atoms with Gasteiger partial charge >= 0.3 is 5.97 Å². The minimum atomic E-state index is -0.967. The summed E-state index contributed by atoms with van der Waals surface area (Å²) in [5, 5.41) is 2.87. The van der Waals surface area contributed by atoms with Crippen molar-refractivity contribution in [3.8, 4) is 11.5 Å². The van der Waals surface area contributed by atoms with Crippen molar-refractivity contribution in [2.75, 3.05) is 27.4 Å². The summed E-state index contributed by atoms with van der Waals surface area (Å²) in [6, 6.07) is 2.61. The fourth-order valence-corrected chi connectivity index (χ4v) is 4.18. The number of cyclic esters (lactones) is 1. The number of carbonyl (C=O) groups is 3. The molecule has 156 valence electrons. The van der Waals surface area contributed by atoms with Crippen molar-refractivity contribution in [3.63, 3.8) is 0 Å². The molecule has 2 fully saturated rings. The lowest BCUT2D eigenvalue weighted by atomic mass is 10.1. The first-order valence-corrected chi connectivity index (χ1v) is 9.71. The SMILES string of the molecule is COc1ccc2c(c1OC)C(=O)O[C@H]2N1C(=O)CC[C@H]1C(=O)NC[C@@H]1CCCO1. The van der Waals surface area contributed by atoms with E-state index in [1.807, 2.05) is 0 Å². The molecular weight excluding hydrogens is 380 g/mol. The highest BCUT2D eigenvalue weighted by molar-refractivity contribution is 5.99.